The topological polar surface area (TPSA) is 55.8 Å². The van der Waals surface area contributed by atoms with Crippen molar-refractivity contribution < 1.29 is 19.1 Å². The van der Waals surface area contributed by atoms with Crippen molar-refractivity contribution in [1.82, 2.24) is 4.90 Å². The first-order valence-corrected chi connectivity index (χ1v) is 5.49. The molecule has 0 radical (unpaired) electrons. The van der Waals surface area contributed by atoms with Crippen LogP contribution in [0.1, 0.15) is 26.7 Å². The molecule has 0 bridgehead atoms. The second kappa shape index (κ2) is 6.15. The second-order valence-corrected chi connectivity index (χ2v) is 3.34. The van der Waals surface area contributed by atoms with Gasteiger partial charge in [0.2, 0.25) is 0 Å². The normalized spacial score (nSPS) is 19.4. The Bertz CT molecular complexity index is 288. The zero-order chi connectivity index (χ0) is 12.0. The number of nitrogens with zero attached hydrogens (tertiary/aromatic N) is 1. The Morgan fingerprint density at radius 2 is 2.00 bits per heavy atom. The summed E-state index contributed by atoms with van der Waals surface area (Å²) in [5.74, 6) is -0.375. The Balaban J connectivity index is 2.70. The van der Waals surface area contributed by atoms with Crippen molar-refractivity contribution in [3.63, 3.8) is 0 Å². The van der Waals surface area contributed by atoms with Crippen molar-refractivity contribution in [3.05, 3.63) is 12.3 Å². The quantitative estimate of drug-likeness (QED) is 0.688. The molecule has 1 aliphatic rings. The van der Waals surface area contributed by atoms with E-state index in [1.54, 1.807) is 20.0 Å². The first-order valence-electron chi connectivity index (χ1n) is 5.49. The van der Waals surface area contributed by atoms with Crippen molar-refractivity contribution in [2.24, 2.45) is 0 Å². The molecule has 1 aliphatic heterocycles. The fourth-order valence-electron chi connectivity index (χ4n) is 1.54. The van der Waals surface area contributed by atoms with Gasteiger partial charge in [0.1, 0.15) is 6.04 Å². The zero-order valence-corrected chi connectivity index (χ0v) is 9.64. The molecule has 5 heteroatoms. The maximum atomic E-state index is 11.6. The Morgan fingerprint density at radius 1 is 1.31 bits per heavy atom. The minimum atomic E-state index is -0.552. The van der Waals surface area contributed by atoms with E-state index in [0.29, 0.717) is 19.6 Å². The van der Waals surface area contributed by atoms with Gasteiger partial charge in [-0.2, -0.15) is 0 Å². The molecule has 0 spiro atoms. The number of hydrogen-bond donors (Lipinski definition) is 0. The minimum Gasteiger partial charge on any atom is -0.464 e. The van der Waals surface area contributed by atoms with Crippen LogP contribution in [0.2, 0.25) is 0 Å². The van der Waals surface area contributed by atoms with E-state index in [2.05, 4.69) is 0 Å². The third kappa shape index (κ3) is 2.98. The van der Waals surface area contributed by atoms with Gasteiger partial charge in [-0.1, -0.05) is 6.08 Å². The first kappa shape index (κ1) is 12.5. The summed E-state index contributed by atoms with van der Waals surface area (Å²) < 4.78 is 9.79. The fraction of sp³-hybridized carbons (Fsp3) is 0.636. The van der Waals surface area contributed by atoms with Gasteiger partial charge in [-0.3, -0.25) is 4.90 Å². The second-order valence-electron chi connectivity index (χ2n) is 3.34. The van der Waals surface area contributed by atoms with Crippen LogP contribution >= 0.6 is 0 Å². The van der Waals surface area contributed by atoms with Crippen molar-refractivity contribution in [1.29, 1.82) is 0 Å². The number of allylic oxidation sites excluding steroid dienone is 1. The molecule has 1 heterocycles. The van der Waals surface area contributed by atoms with Crippen LogP contribution in [0.25, 0.3) is 0 Å². The van der Waals surface area contributed by atoms with Gasteiger partial charge in [-0.05, 0) is 26.7 Å². The van der Waals surface area contributed by atoms with Gasteiger partial charge in [0, 0.05) is 6.20 Å². The summed E-state index contributed by atoms with van der Waals surface area (Å²) in [5.41, 5.74) is 0. The molecular formula is C11H17NO4. The van der Waals surface area contributed by atoms with Gasteiger partial charge in [0.05, 0.1) is 13.2 Å². The average Bonchev–Trinajstić information content (AvgIpc) is 2.30. The van der Waals surface area contributed by atoms with Crippen LogP contribution in [-0.4, -0.2) is 36.2 Å². The Hall–Kier alpha value is -1.52. The van der Waals surface area contributed by atoms with Crippen molar-refractivity contribution in [2.45, 2.75) is 32.7 Å². The molecule has 1 rings (SSSR count). The number of amides is 1. The molecular weight excluding hydrogens is 210 g/mol. The lowest BCUT2D eigenvalue weighted by Crippen LogP contribution is -2.44. The van der Waals surface area contributed by atoms with Crippen LogP contribution < -0.4 is 0 Å². The van der Waals surface area contributed by atoms with Crippen LogP contribution in [0.3, 0.4) is 0 Å². The molecule has 16 heavy (non-hydrogen) atoms. The number of carbonyl (C=O) groups is 2. The lowest BCUT2D eigenvalue weighted by Gasteiger charge is -2.28. The first-order chi connectivity index (χ1) is 7.70. The summed E-state index contributed by atoms with van der Waals surface area (Å²) in [4.78, 5) is 24.5. The number of ether oxygens (including phenoxy) is 2. The predicted octanol–water partition coefficient (Wildman–Crippen LogP) is 1.68. The average molecular weight is 227 g/mol. The van der Waals surface area contributed by atoms with E-state index in [0.717, 1.165) is 6.42 Å². The van der Waals surface area contributed by atoms with Crippen LogP contribution in [0.15, 0.2) is 12.3 Å². The molecule has 5 nitrogen and oxygen atoms in total. The van der Waals surface area contributed by atoms with Crippen LogP contribution in [0.5, 0.6) is 0 Å². The number of esters is 1. The highest BCUT2D eigenvalue weighted by molar-refractivity contribution is 5.82. The van der Waals surface area contributed by atoms with Crippen molar-refractivity contribution in [3.8, 4) is 0 Å². The summed E-state index contributed by atoms with van der Waals surface area (Å²) in [5, 5.41) is 0. The molecule has 1 unspecified atom stereocenters. The molecule has 0 fully saturated rings. The SMILES string of the molecule is CCOC(=O)C1CCC=CN1C(=O)OCC. The molecule has 90 valence electrons. The molecule has 0 aliphatic carbocycles. The van der Waals surface area contributed by atoms with E-state index in [4.69, 9.17) is 9.47 Å². The Labute approximate surface area is 95.0 Å². The van der Waals surface area contributed by atoms with Gasteiger partial charge in [0.15, 0.2) is 0 Å². The molecule has 0 N–H and O–H groups in total. The highest BCUT2D eigenvalue weighted by Crippen LogP contribution is 2.17. The largest absolute Gasteiger partial charge is 0.464 e. The van der Waals surface area contributed by atoms with Crippen LogP contribution in [0.4, 0.5) is 4.79 Å². The number of rotatable bonds is 3. The van der Waals surface area contributed by atoms with E-state index in [1.807, 2.05) is 6.08 Å². The summed E-state index contributed by atoms with van der Waals surface area (Å²) in [7, 11) is 0. The minimum absolute atomic E-state index is 0.290. The standard InChI is InChI=1S/C11H17NO4/c1-3-15-10(13)9-7-5-6-8-12(9)11(14)16-4-2/h6,8-9H,3-5,7H2,1-2H3. The lowest BCUT2D eigenvalue weighted by molar-refractivity contribution is -0.148. The third-order valence-electron chi connectivity index (χ3n) is 2.25. The van der Waals surface area contributed by atoms with Crippen molar-refractivity contribution >= 4 is 12.1 Å². The van der Waals surface area contributed by atoms with E-state index >= 15 is 0 Å². The zero-order valence-electron chi connectivity index (χ0n) is 9.64. The smallest absolute Gasteiger partial charge is 0.414 e. The molecule has 0 aromatic rings. The van der Waals surface area contributed by atoms with Crippen molar-refractivity contribution in [2.75, 3.05) is 13.2 Å². The fourth-order valence-corrected chi connectivity index (χ4v) is 1.54. The van der Waals surface area contributed by atoms with Gasteiger partial charge < -0.3 is 9.47 Å². The van der Waals surface area contributed by atoms with E-state index < -0.39 is 12.1 Å². The molecule has 0 saturated heterocycles. The van der Waals surface area contributed by atoms with Gasteiger partial charge in [0.25, 0.3) is 0 Å². The Kier molecular flexibility index (Phi) is 4.82. The third-order valence-corrected chi connectivity index (χ3v) is 2.25. The highest BCUT2D eigenvalue weighted by Gasteiger charge is 2.31. The molecule has 0 aromatic heterocycles. The molecule has 0 saturated carbocycles. The molecule has 0 aromatic carbocycles. The van der Waals surface area contributed by atoms with Gasteiger partial charge in [-0.25, -0.2) is 9.59 Å². The maximum absolute atomic E-state index is 11.6. The summed E-state index contributed by atoms with van der Waals surface area (Å²) in [6.45, 7) is 4.07. The Morgan fingerprint density at radius 3 is 2.62 bits per heavy atom. The molecule has 1 atom stereocenters. The number of hydrogen-bond acceptors (Lipinski definition) is 4. The van der Waals surface area contributed by atoms with E-state index in [9.17, 15) is 9.59 Å². The van der Waals surface area contributed by atoms with Crippen LogP contribution in [-0.2, 0) is 14.3 Å². The summed E-state index contributed by atoms with van der Waals surface area (Å²) >= 11 is 0. The number of carbonyl (C=O) groups excluding carboxylic acids is 2. The lowest BCUT2D eigenvalue weighted by atomic mass is 10.1. The monoisotopic (exact) mass is 227 g/mol. The van der Waals surface area contributed by atoms with Crippen LogP contribution in [0, 0.1) is 0 Å². The molecule has 1 amide bonds. The van der Waals surface area contributed by atoms with Gasteiger partial charge in [-0.15, -0.1) is 0 Å². The van der Waals surface area contributed by atoms with E-state index in [-0.39, 0.29) is 5.97 Å². The summed E-state index contributed by atoms with van der Waals surface area (Å²) in [6.07, 6.45) is 4.26. The van der Waals surface area contributed by atoms with Gasteiger partial charge >= 0.3 is 12.1 Å². The maximum Gasteiger partial charge on any atom is 0.414 e. The van der Waals surface area contributed by atoms with E-state index in [1.165, 1.54) is 4.90 Å². The highest BCUT2D eigenvalue weighted by atomic mass is 16.6. The predicted molar refractivity (Wildman–Crippen MR) is 57.7 cm³/mol. The summed E-state index contributed by atoms with van der Waals surface area (Å²) in [6, 6.07) is -0.552.